The monoisotopic (exact) mass is 479 g/mol. The third-order valence-electron chi connectivity index (χ3n) is 6.64. The van der Waals surface area contributed by atoms with Crippen LogP contribution >= 0.6 is 0 Å². The molecule has 2 heterocycles. The maximum atomic E-state index is 13.1. The number of nitrogens with one attached hydrogen (secondary N) is 2. The molecule has 8 nitrogen and oxygen atoms in total. The smallest absolute Gasteiger partial charge is 0.318 e. The number of hydrogen-bond acceptors (Lipinski definition) is 5. The highest BCUT2D eigenvalue weighted by Crippen LogP contribution is 2.15. The average Bonchev–Trinajstić information content (AvgIpc) is 2.92. The predicted octanol–water partition coefficient (Wildman–Crippen LogP) is 1.97. The number of hydrogen-bond donors (Lipinski definition) is 2. The van der Waals surface area contributed by atoms with E-state index in [0.29, 0.717) is 26.1 Å². The molecule has 0 radical (unpaired) electrons. The Balaban J connectivity index is 1.28. The zero-order valence-corrected chi connectivity index (χ0v) is 20.4. The van der Waals surface area contributed by atoms with E-state index in [0.717, 1.165) is 57.9 Å². The van der Waals surface area contributed by atoms with Gasteiger partial charge in [-0.1, -0.05) is 48.5 Å². The number of carbonyl (C=O) groups excluding carboxylic acids is 2. The summed E-state index contributed by atoms with van der Waals surface area (Å²) in [5.41, 5.74) is 2.20. The summed E-state index contributed by atoms with van der Waals surface area (Å²) >= 11 is 0. The van der Waals surface area contributed by atoms with Crippen molar-refractivity contribution >= 4 is 17.6 Å². The number of amides is 3. The zero-order valence-electron chi connectivity index (χ0n) is 20.4. The highest BCUT2D eigenvalue weighted by atomic mass is 16.5. The van der Waals surface area contributed by atoms with Gasteiger partial charge in [-0.15, -0.1) is 0 Å². The van der Waals surface area contributed by atoms with Gasteiger partial charge in [0.25, 0.3) is 0 Å². The Labute approximate surface area is 208 Å². The molecule has 2 N–H and O–H groups in total. The first-order valence-corrected chi connectivity index (χ1v) is 12.7. The van der Waals surface area contributed by atoms with Crippen molar-refractivity contribution in [3.63, 3.8) is 0 Å². The first kappa shape index (κ1) is 25.0. The molecule has 2 aliphatic rings. The van der Waals surface area contributed by atoms with Crippen LogP contribution in [0.5, 0.6) is 0 Å². The Morgan fingerprint density at radius 3 is 2.20 bits per heavy atom. The van der Waals surface area contributed by atoms with Crippen LogP contribution in [0.25, 0.3) is 0 Å². The fourth-order valence-electron chi connectivity index (χ4n) is 4.57. The van der Waals surface area contributed by atoms with Crippen LogP contribution in [0.15, 0.2) is 60.7 Å². The molecule has 2 aromatic rings. The molecule has 4 rings (SSSR count). The number of ether oxygens (including phenoxy) is 1. The number of urea groups is 1. The Bertz CT molecular complexity index is 913. The lowest BCUT2D eigenvalue weighted by atomic mass is 10.1. The minimum Gasteiger partial charge on any atom is -0.379 e. The van der Waals surface area contributed by atoms with Crippen molar-refractivity contribution in [1.29, 1.82) is 0 Å². The number of benzene rings is 2. The van der Waals surface area contributed by atoms with Gasteiger partial charge >= 0.3 is 6.03 Å². The number of carbonyl (C=O) groups is 2. The molecule has 0 spiro atoms. The number of nitrogens with zero attached hydrogens (tertiary/aromatic N) is 3. The van der Waals surface area contributed by atoms with Crippen LogP contribution in [0.4, 0.5) is 10.5 Å². The van der Waals surface area contributed by atoms with Crippen LogP contribution in [-0.4, -0.2) is 93.4 Å². The van der Waals surface area contributed by atoms with Gasteiger partial charge in [0.15, 0.2) is 0 Å². The third-order valence-corrected chi connectivity index (χ3v) is 6.64. The number of piperazine rings is 1. The van der Waals surface area contributed by atoms with E-state index in [9.17, 15) is 9.59 Å². The van der Waals surface area contributed by atoms with Crippen LogP contribution in [0.1, 0.15) is 12.0 Å². The molecule has 0 aromatic heterocycles. The van der Waals surface area contributed by atoms with Gasteiger partial charge in [-0.2, -0.15) is 0 Å². The zero-order chi connectivity index (χ0) is 24.3. The first-order chi connectivity index (χ1) is 17.2. The highest BCUT2D eigenvalue weighted by Gasteiger charge is 2.26. The van der Waals surface area contributed by atoms with E-state index in [2.05, 4.69) is 32.6 Å². The molecule has 8 heteroatoms. The summed E-state index contributed by atoms with van der Waals surface area (Å²) < 4.78 is 5.39. The van der Waals surface area contributed by atoms with Crippen molar-refractivity contribution in [2.75, 3.05) is 70.5 Å². The van der Waals surface area contributed by atoms with Crippen molar-refractivity contribution in [3.8, 4) is 0 Å². The summed E-state index contributed by atoms with van der Waals surface area (Å²) in [5.74, 6) is -0.132. The molecular weight excluding hydrogens is 442 g/mol. The minimum absolute atomic E-state index is 0.132. The topological polar surface area (TPSA) is 77.2 Å². The van der Waals surface area contributed by atoms with Crippen LogP contribution in [0, 0.1) is 0 Å². The van der Waals surface area contributed by atoms with Crippen LogP contribution < -0.4 is 15.5 Å². The summed E-state index contributed by atoms with van der Waals surface area (Å²) in [5, 5.41) is 6.05. The van der Waals surface area contributed by atoms with Crippen LogP contribution in [0.2, 0.25) is 0 Å². The summed E-state index contributed by atoms with van der Waals surface area (Å²) in [7, 11) is 0. The maximum Gasteiger partial charge on any atom is 0.318 e. The lowest BCUT2D eigenvalue weighted by Crippen LogP contribution is -2.56. The number of para-hydroxylation sites is 1. The standard InChI is InChI=1S/C27H37N5O3/c33-26(28-12-7-13-30-18-20-35-21-19-30)25(22-23-8-3-1-4-9-23)29-27(34)32-16-14-31(15-17-32)24-10-5-2-6-11-24/h1-6,8-11,25H,7,12-22H2,(H,28,33)(H,29,34)/t25-/m0/s1. The maximum absolute atomic E-state index is 13.1. The fraction of sp³-hybridized carbons (Fsp3) is 0.481. The highest BCUT2D eigenvalue weighted by molar-refractivity contribution is 5.87. The summed E-state index contributed by atoms with van der Waals surface area (Å²) in [4.78, 5) is 32.6. The third kappa shape index (κ3) is 7.70. The predicted molar refractivity (Wildman–Crippen MR) is 138 cm³/mol. The molecule has 2 fully saturated rings. The Morgan fingerprint density at radius 1 is 0.857 bits per heavy atom. The van der Waals surface area contributed by atoms with E-state index in [4.69, 9.17) is 4.74 Å². The van der Waals surface area contributed by atoms with Crippen molar-refractivity contribution in [2.45, 2.75) is 18.9 Å². The SMILES string of the molecule is O=C(NCCCN1CCOCC1)[C@H](Cc1ccccc1)NC(=O)N1CCN(c2ccccc2)CC1. The van der Waals surface area contributed by atoms with Gasteiger partial charge in [0.1, 0.15) is 6.04 Å². The summed E-state index contributed by atoms with van der Waals surface area (Å²) in [6.07, 6.45) is 1.34. The molecule has 35 heavy (non-hydrogen) atoms. The van der Waals surface area contributed by atoms with Crippen molar-refractivity contribution in [3.05, 3.63) is 66.2 Å². The Morgan fingerprint density at radius 2 is 1.51 bits per heavy atom. The average molecular weight is 480 g/mol. The van der Waals surface area contributed by atoms with Gasteiger partial charge < -0.3 is 25.2 Å². The molecule has 0 aliphatic carbocycles. The second-order valence-corrected chi connectivity index (χ2v) is 9.10. The van der Waals surface area contributed by atoms with E-state index in [1.54, 1.807) is 0 Å². The molecule has 2 aromatic carbocycles. The normalized spacial score (nSPS) is 17.6. The molecular formula is C27H37N5O3. The van der Waals surface area contributed by atoms with Crippen molar-refractivity contribution < 1.29 is 14.3 Å². The van der Waals surface area contributed by atoms with Gasteiger partial charge in [0.2, 0.25) is 5.91 Å². The minimum atomic E-state index is -0.611. The molecule has 1 atom stereocenters. The van der Waals surface area contributed by atoms with Gasteiger partial charge in [0.05, 0.1) is 13.2 Å². The molecule has 2 saturated heterocycles. The van der Waals surface area contributed by atoms with Gasteiger partial charge in [-0.3, -0.25) is 9.69 Å². The Kier molecular flexibility index (Phi) is 9.37. The summed E-state index contributed by atoms with van der Waals surface area (Å²) in [6, 6.07) is 19.3. The van der Waals surface area contributed by atoms with E-state index >= 15 is 0 Å². The molecule has 3 amide bonds. The van der Waals surface area contributed by atoms with E-state index < -0.39 is 6.04 Å². The van der Waals surface area contributed by atoms with Gasteiger partial charge in [-0.05, 0) is 30.7 Å². The lowest BCUT2D eigenvalue weighted by molar-refractivity contribution is -0.123. The van der Waals surface area contributed by atoms with E-state index in [-0.39, 0.29) is 11.9 Å². The van der Waals surface area contributed by atoms with E-state index in [1.165, 1.54) is 5.69 Å². The largest absolute Gasteiger partial charge is 0.379 e. The molecule has 0 saturated carbocycles. The Hall–Kier alpha value is -3.10. The molecule has 2 aliphatic heterocycles. The van der Waals surface area contributed by atoms with Crippen LogP contribution in [-0.2, 0) is 16.0 Å². The molecule has 0 unspecified atom stereocenters. The number of anilines is 1. The number of rotatable bonds is 9. The van der Waals surface area contributed by atoms with Crippen LogP contribution in [0.3, 0.4) is 0 Å². The number of morpholine rings is 1. The second kappa shape index (κ2) is 13.1. The van der Waals surface area contributed by atoms with Gasteiger partial charge in [0, 0.05) is 57.9 Å². The van der Waals surface area contributed by atoms with E-state index in [1.807, 2.05) is 53.4 Å². The molecule has 0 bridgehead atoms. The molecule has 188 valence electrons. The fourth-order valence-corrected chi connectivity index (χ4v) is 4.57. The first-order valence-electron chi connectivity index (χ1n) is 12.7. The van der Waals surface area contributed by atoms with Gasteiger partial charge in [-0.25, -0.2) is 4.79 Å². The second-order valence-electron chi connectivity index (χ2n) is 9.10. The quantitative estimate of drug-likeness (QED) is 0.538. The van der Waals surface area contributed by atoms with Crippen molar-refractivity contribution in [1.82, 2.24) is 20.4 Å². The summed E-state index contributed by atoms with van der Waals surface area (Å²) in [6.45, 7) is 7.76. The lowest BCUT2D eigenvalue weighted by Gasteiger charge is -2.36. The van der Waals surface area contributed by atoms with Crippen molar-refractivity contribution in [2.24, 2.45) is 0 Å².